The molecule has 1 atom stereocenters. The van der Waals surface area contributed by atoms with Crippen LogP contribution in [-0.4, -0.2) is 24.9 Å². The molecule has 26 heavy (non-hydrogen) atoms. The van der Waals surface area contributed by atoms with Crippen molar-refractivity contribution in [3.05, 3.63) is 60.0 Å². The van der Waals surface area contributed by atoms with Crippen molar-refractivity contribution in [3.63, 3.8) is 0 Å². The monoisotopic (exact) mass is 372 g/mol. The minimum Gasteiger partial charge on any atom is -0.418 e. The third-order valence-corrected chi connectivity index (χ3v) is 4.34. The summed E-state index contributed by atoms with van der Waals surface area (Å²) in [5, 5.41) is 11.4. The number of rotatable bonds is 6. The van der Waals surface area contributed by atoms with Crippen LogP contribution in [0.15, 0.2) is 52.9 Å². The lowest BCUT2D eigenvalue weighted by atomic mass is 10.2. The molecule has 3 rings (SSSR count). The second-order valence-corrected chi connectivity index (χ2v) is 7.83. The van der Waals surface area contributed by atoms with E-state index in [9.17, 15) is 8.42 Å². The standard InChI is InChI=1S/C18H20N4O3S/c1-12-9-10-15(11-16(12)22-26(3,23)24)19-13(2)17-20-21-18(25-17)14-7-5-4-6-8-14/h4-11,13,19,22H,1-3H3. The highest BCUT2D eigenvalue weighted by Gasteiger charge is 2.15. The van der Waals surface area contributed by atoms with Gasteiger partial charge >= 0.3 is 0 Å². The molecule has 0 saturated carbocycles. The highest BCUT2D eigenvalue weighted by atomic mass is 32.2. The van der Waals surface area contributed by atoms with E-state index in [1.165, 1.54) is 0 Å². The van der Waals surface area contributed by atoms with Gasteiger partial charge in [0.2, 0.25) is 21.8 Å². The molecule has 0 spiro atoms. The van der Waals surface area contributed by atoms with Crippen LogP contribution in [0.5, 0.6) is 0 Å². The Morgan fingerprint density at radius 3 is 2.50 bits per heavy atom. The van der Waals surface area contributed by atoms with E-state index in [1.807, 2.05) is 56.3 Å². The van der Waals surface area contributed by atoms with E-state index >= 15 is 0 Å². The van der Waals surface area contributed by atoms with Gasteiger partial charge in [-0.2, -0.15) is 0 Å². The second kappa shape index (κ2) is 7.17. The number of aromatic nitrogens is 2. The molecule has 0 amide bonds. The Kier molecular flexibility index (Phi) is 4.94. The number of hydrogen-bond acceptors (Lipinski definition) is 6. The lowest BCUT2D eigenvalue weighted by molar-refractivity contribution is 0.485. The molecule has 0 aliphatic carbocycles. The topological polar surface area (TPSA) is 97.1 Å². The smallest absolute Gasteiger partial charge is 0.247 e. The fourth-order valence-electron chi connectivity index (χ4n) is 2.44. The zero-order valence-corrected chi connectivity index (χ0v) is 15.5. The number of hydrogen-bond donors (Lipinski definition) is 2. The van der Waals surface area contributed by atoms with Gasteiger partial charge in [-0.25, -0.2) is 8.42 Å². The quantitative estimate of drug-likeness (QED) is 0.686. The van der Waals surface area contributed by atoms with Crippen LogP contribution in [-0.2, 0) is 10.0 Å². The average Bonchev–Trinajstić information content (AvgIpc) is 3.08. The van der Waals surface area contributed by atoms with Crippen LogP contribution in [0, 0.1) is 6.92 Å². The molecule has 2 N–H and O–H groups in total. The van der Waals surface area contributed by atoms with Crippen molar-refractivity contribution in [2.24, 2.45) is 0 Å². The van der Waals surface area contributed by atoms with Gasteiger partial charge in [-0.15, -0.1) is 10.2 Å². The molecule has 8 heteroatoms. The summed E-state index contributed by atoms with van der Waals surface area (Å²) in [4.78, 5) is 0. The number of sulfonamides is 1. The summed E-state index contributed by atoms with van der Waals surface area (Å²) < 4.78 is 31.2. The van der Waals surface area contributed by atoms with Gasteiger partial charge in [0.15, 0.2) is 0 Å². The Balaban J connectivity index is 1.77. The molecular formula is C18H20N4O3S. The Hall–Kier alpha value is -2.87. The lowest BCUT2D eigenvalue weighted by Gasteiger charge is -2.14. The minimum absolute atomic E-state index is 0.242. The van der Waals surface area contributed by atoms with Crippen molar-refractivity contribution in [2.75, 3.05) is 16.3 Å². The van der Waals surface area contributed by atoms with Gasteiger partial charge in [0.05, 0.1) is 11.9 Å². The molecule has 7 nitrogen and oxygen atoms in total. The summed E-state index contributed by atoms with van der Waals surface area (Å²) in [6.07, 6.45) is 1.12. The predicted molar refractivity (Wildman–Crippen MR) is 101 cm³/mol. The van der Waals surface area contributed by atoms with Crippen LogP contribution < -0.4 is 10.0 Å². The van der Waals surface area contributed by atoms with Gasteiger partial charge in [-0.05, 0) is 43.7 Å². The molecule has 0 saturated heterocycles. The van der Waals surface area contributed by atoms with Gasteiger partial charge in [0.1, 0.15) is 6.04 Å². The van der Waals surface area contributed by atoms with Crippen molar-refractivity contribution < 1.29 is 12.8 Å². The first-order chi connectivity index (χ1) is 12.3. The van der Waals surface area contributed by atoms with E-state index in [1.54, 1.807) is 6.07 Å². The summed E-state index contributed by atoms with van der Waals surface area (Å²) in [5.41, 5.74) is 2.96. The van der Waals surface area contributed by atoms with E-state index in [0.717, 1.165) is 23.1 Å². The number of anilines is 2. The van der Waals surface area contributed by atoms with Crippen LogP contribution in [0.25, 0.3) is 11.5 Å². The molecule has 136 valence electrons. The Labute approximate surface area is 152 Å². The SMILES string of the molecule is Cc1ccc(NC(C)c2nnc(-c3ccccc3)o2)cc1NS(C)(=O)=O. The number of benzene rings is 2. The molecule has 0 fully saturated rings. The summed E-state index contributed by atoms with van der Waals surface area (Å²) in [6, 6.07) is 14.7. The van der Waals surface area contributed by atoms with Crippen LogP contribution in [0.1, 0.15) is 24.4 Å². The summed E-state index contributed by atoms with van der Waals surface area (Å²) in [7, 11) is -3.34. The number of nitrogens with one attached hydrogen (secondary N) is 2. The van der Waals surface area contributed by atoms with E-state index in [4.69, 9.17) is 4.42 Å². The highest BCUT2D eigenvalue weighted by Crippen LogP contribution is 2.26. The number of aryl methyl sites for hydroxylation is 1. The lowest BCUT2D eigenvalue weighted by Crippen LogP contribution is -2.12. The van der Waals surface area contributed by atoms with E-state index in [2.05, 4.69) is 20.2 Å². The third-order valence-electron chi connectivity index (χ3n) is 3.75. The molecule has 2 aromatic carbocycles. The van der Waals surface area contributed by atoms with E-state index in [0.29, 0.717) is 17.5 Å². The largest absolute Gasteiger partial charge is 0.418 e. The number of nitrogens with zero attached hydrogens (tertiary/aromatic N) is 2. The van der Waals surface area contributed by atoms with Crippen LogP contribution in [0.3, 0.4) is 0 Å². The Morgan fingerprint density at radius 2 is 1.81 bits per heavy atom. The van der Waals surface area contributed by atoms with Gasteiger partial charge in [0, 0.05) is 11.3 Å². The van der Waals surface area contributed by atoms with E-state index < -0.39 is 10.0 Å². The molecule has 1 aromatic heterocycles. The fourth-order valence-corrected chi connectivity index (χ4v) is 3.06. The Bertz CT molecular complexity index is 1000. The van der Waals surface area contributed by atoms with Gasteiger partial charge in [0.25, 0.3) is 0 Å². The zero-order chi connectivity index (χ0) is 18.7. The maximum absolute atomic E-state index is 11.5. The van der Waals surface area contributed by atoms with Gasteiger partial charge in [-0.3, -0.25) is 4.72 Å². The summed E-state index contributed by atoms with van der Waals surface area (Å²) >= 11 is 0. The molecule has 3 aromatic rings. The third kappa shape index (κ3) is 4.40. The first-order valence-electron chi connectivity index (χ1n) is 8.05. The Morgan fingerprint density at radius 1 is 1.08 bits per heavy atom. The average molecular weight is 372 g/mol. The molecular weight excluding hydrogens is 352 g/mol. The minimum atomic E-state index is -3.34. The molecule has 0 aliphatic heterocycles. The van der Waals surface area contributed by atoms with Crippen molar-refractivity contribution >= 4 is 21.4 Å². The van der Waals surface area contributed by atoms with Crippen molar-refractivity contribution in [1.29, 1.82) is 0 Å². The van der Waals surface area contributed by atoms with Gasteiger partial charge < -0.3 is 9.73 Å². The van der Waals surface area contributed by atoms with Crippen LogP contribution in [0.4, 0.5) is 11.4 Å². The fraction of sp³-hybridized carbons (Fsp3) is 0.222. The molecule has 1 heterocycles. The van der Waals surface area contributed by atoms with Crippen LogP contribution >= 0.6 is 0 Å². The normalized spacial score (nSPS) is 12.6. The predicted octanol–water partition coefficient (Wildman–Crippen LogP) is 3.59. The maximum atomic E-state index is 11.5. The first kappa shape index (κ1) is 17.9. The van der Waals surface area contributed by atoms with Crippen molar-refractivity contribution in [2.45, 2.75) is 19.9 Å². The van der Waals surface area contributed by atoms with Crippen LogP contribution in [0.2, 0.25) is 0 Å². The summed E-state index contributed by atoms with van der Waals surface area (Å²) in [5.74, 6) is 0.902. The van der Waals surface area contributed by atoms with Crippen molar-refractivity contribution in [1.82, 2.24) is 10.2 Å². The molecule has 0 aliphatic rings. The zero-order valence-electron chi connectivity index (χ0n) is 14.7. The van der Waals surface area contributed by atoms with E-state index in [-0.39, 0.29) is 6.04 Å². The molecule has 1 unspecified atom stereocenters. The molecule has 0 bridgehead atoms. The first-order valence-corrected chi connectivity index (χ1v) is 9.95. The summed E-state index contributed by atoms with van der Waals surface area (Å²) in [6.45, 7) is 3.73. The highest BCUT2D eigenvalue weighted by molar-refractivity contribution is 7.92. The molecule has 0 radical (unpaired) electrons. The maximum Gasteiger partial charge on any atom is 0.247 e. The van der Waals surface area contributed by atoms with Crippen molar-refractivity contribution in [3.8, 4) is 11.5 Å². The van der Waals surface area contributed by atoms with Gasteiger partial charge in [-0.1, -0.05) is 24.3 Å². The second-order valence-electron chi connectivity index (χ2n) is 6.08.